The average molecular weight is 245 g/mol. The summed E-state index contributed by atoms with van der Waals surface area (Å²) in [6, 6.07) is 5.08. The number of hydrogen-bond donors (Lipinski definition) is 3. The van der Waals surface area contributed by atoms with Crippen molar-refractivity contribution < 1.29 is 13.2 Å². The molecule has 16 heavy (non-hydrogen) atoms. The number of nitrogens with one attached hydrogen (secondary N) is 1. The van der Waals surface area contributed by atoms with E-state index >= 15 is 0 Å². The van der Waals surface area contributed by atoms with Crippen molar-refractivity contribution in [2.75, 3.05) is 30.5 Å². The zero-order chi connectivity index (χ0) is 12.2. The molecule has 0 saturated heterocycles. The third-order valence-corrected chi connectivity index (χ3v) is 2.65. The highest BCUT2D eigenvalue weighted by Crippen LogP contribution is 2.21. The lowest BCUT2D eigenvalue weighted by Crippen LogP contribution is -2.22. The highest BCUT2D eigenvalue weighted by Gasteiger charge is 2.03. The zero-order valence-corrected chi connectivity index (χ0v) is 9.75. The normalized spacial score (nSPS) is 11.1. The molecule has 1 rings (SSSR count). The van der Waals surface area contributed by atoms with Crippen LogP contribution in [-0.4, -0.2) is 27.8 Å². The summed E-state index contributed by atoms with van der Waals surface area (Å²) >= 11 is 0. The molecule has 0 aliphatic rings. The van der Waals surface area contributed by atoms with Gasteiger partial charge in [0.15, 0.2) is 0 Å². The Bertz CT molecular complexity index is 459. The van der Waals surface area contributed by atoms with Gasteiger partial charge in [0, 0.05) is 30.1 Å². The molecule has 0 unspecified atom stereocenters. The van der Waals surface area contributed by atoms with Gasteiger partial charge in [-0.2, -0.15) is 0 Å². The van der Waals surface area contributed by atoms with Crippen molar-refractivity contribution in [2.45, 2.75) is 0 Å². The molecule has 0 aromatic heterocycles. The molecule has 0 spiro atoms. The third-order valence-electron chi connectivity index (χ3n) is 1.88. The SMILES string of the molecule is COc1cc(N)cc(NCCS(N)(=O)=O)c1. The number of hydrogen-bond acceptors (Lipinski definition) is 5. The van der Waals surface area contributed by atoms with Crippen molar-refractivity contribution in [3.63, 3.8) is 0 Å². The number of sulfonamides is 1. The highest BCUT2D eigenvalue weighted by atomic mass is 32.2. The van der Waals surface area contributed by atoms with Gasteiger partial charge in [-0.15, -0.1) is 0 Å². The molecule has 0 bridgehead atoms. The summed E-state index contributed by atoms with van der Waals surface area (Å²) in [5, 5.41) is 7.77. The van der Waals surface area contributed by atoms with Crippen LogP contribution in [0.4, 0.5) is 11.4 Å². The van der Waals surface area contributed by atoms with E-state index in [-0.39, 0.29) is 12.3 Å². The third kappa shape index (κ3) is 4.37. The van der Waals surface area contributed by atoms with Gasteiger partial charge in [-0.25, -0.2) is 13.6 Å². The Balaban J connectivity index is 2.63. The van der Waals surface area contributed by atoms with Crippen LogP contribution >= 0.6 is 0 Å². The van der Waals surface area contributed by atoms with Crippen molar-refractivity contribution in [1.82, 2.24) is 0 Å². The number of primary sulfonamides is 1. The van der Waals surface area contributed by atoms with Gasteiger partial charge in [0.25, 0.3) is 0 Å². The molecule has 0 saturated carbocycles. The van der Waals surface area contributed by atoms with E-state index in [9.17, 15) is 8.42 Å². The summed E-state index contributed by atoms with van der Waals surface area (Å²) in [6.45, 7) is 0.228. The molecule has 0 amide bonds. The number of ether oxygens (including phenoxy) is 1. The van der Waals surface area contributed by atoms with Crippen LogP contribution in [0.3, 0.4) is 0 Å². The van der Waals surface area contributed by atoms with Crippen LogP contribution in [0.2, 0.25) is 0 Å². The summed E-state index contributed by atoms with van der Waals surface area (Å²) in [6.07, 6.45) is 0. The topological polar surface area (TPSA) is 107 Å². The Morgan fingerprint density at radius 1 is 1.38 bits per heavy atom. The van der Waals surface area contributed by atoms with Crippen molar-refractivity contribution in [2.24, 2.45) is 5.14 Å². The summed E-state index contributed by atoms with van der Waals surface area (Å²) < 4.78 is 26.4. The van der Waals surface area contributed by atoms with Crippen LogP contribution in [0.15, 0.2) is 18.2 Å². The highest BCUT2D eigenvalue weighted by molar-refractivity contribution is 7.89. The largest absolute Gasteiger partial charge is 0.497 e. The lowest BCUT2D eigenvalue weighted by Gasteiger charge is -2.08. The lowest BCUT2D eigenvalue weighted by molar-refractivity contribution is 0.415. The number of nitrogen functional groups attached to an aromatic ring is 1. The average Bonchev–Trinajstić information content (AvgIpc) is 2.14. The van der Waals surface area contributed by atoms with Gasteiger partial charge in [-0.1, -0.05) is 0 Å². The Kier molecular flexibility index (Phi) is 3.97. The minimum atomic E-state index is -3.45. The van der Waals surface area contributed by atoms with Crippen LogP contribution in [-0.2, 0) is 10.0 Å². The molecule has 0 fully saturated rings. The Labute approximate surface area is 94.6 Å². The summed E-state index contributed by atoms with van der Waals surface area (Å²) in [7, 11) is -1.91. The van der Waals surface area contributed by atoms with Gasteiger partial charge in [0.05, 0.1) is 12.9 Å². The van der Waals surface area contributed by atoms with Crippen LogP contribution < -0.4 is 20.9 Å². The zero-order valence-electron chi connectivity index (χ0n) is 8.93. The molecule has 1 aromatic rings. The minimum Gasteiger partial charge on any atom is -0.497 e. The molecule has 1 aromatic carbocycles. The van der Waals surface area contributed by atoms with Gasteiger partial charge >= 0.3 is 0 Å². The fourth-order valence-corrected chi connectivity index (χ4v) is 1.57. The first kappa shape index (κ1) is 12.6. The van der Waals surface area contributed by atoms with Gasteiger partial charge in [-0.05, 0) is 6.07 Å². The molecule has 0 radical (unpaired) electrons. The summed E-state index contributed by atoms with van der Waals surface area (Å²) in [5.41, 5.74) is 6.86. The second-order valence-electron chi connectivity index (χ2n) is 3.29. The van der Waals surface area contributed by atoms with Gasteiger partial charge in [0.2, 0.25) is 10.0 Å². The van der Waals surface area contributed by atoms with Gasteiger partial charge in [-0.3, -0.25) is 0 Å². The molecular weight excluding hydrogens is 230 g/mol. The maximum absolute atomic E-state index is 10.7. The number of rotatable bonds is 5. The first-order valence-electron chi connectivity index (χ1n) is 4.59. The second kappa shape index (κ2) is 5.04. The number of methoxy groups -OCH3 is 1. The van der Waals surface area contributed by atoms with Crippen LogP contribution in [0.5, 0.6) is 5.75 Å². The number of benzene rings is 1. The molecule has 90 valence electrons. The molecule has 0 heterocycles. The molecule has 5 N–H and O–H groups in total. The van der Waals surface area contributed by atoms with E-state index in [1.54, 1.807) is 18.2 Å². The Morgan fingerprint density at radius 2 is 2.06 bits per heavy atom. The van der Waals surface area contributed by atoms with E-state index in [4.69, 9.17) is 15.6 Å². The summed E-state index contributed by atoms with van der Waals surface area (Å²) in [4.78, 5) is 0. The van der Waals surface area contributed by atoms with E-state index in [0.29, 0.717) is 17.1 Å². The fraction of sp³-hybridized carbons (Fsp3) is 0.333. The van der Waals surface area contributed by atoms with Crippen molar-refractivity contribution in [1.29, 1.82) is 0 Å². The van der Waals surface area contributed by atoms with Crippen LogP contribution in [0.25, 0.3) is 0 Å². The van der Waals surface area contributed by atoms with E-state index < -0.39 is 10.0 Å². The molecule has 6 nitrogen and oxygen atoms in total. The molecule has 0 atom stereocenters. The van der Waals surface area contributed by atoms with E-state index in [1.165, 1.54) is 7.11 Å². The Morgan fingerprint density at radius 3 is 2.62 bits per heavy atom. The summed E-state index contributed by atoms with van der Waals surface area (Å²) in [5.74, 6) is 0.475. The molecule has 7 heteroatoms. The van der Waals surface area contributed by atoms with Crippen LogP contribution in [0.1, 0.15) is 0 Å². The van der Waals surface area contributed by atoms with Crippen molar-refractivity contribution >= 4 is 21.4 Å². The van der Waals surface area contributed by atoms with E-state index in [0.717, 1.165) is 0 Å². The maximum Gasteiger partial charge on any atom is 0.210 e. The standard InChI is InChI=1S/C9H15N3O3S/c1-15-9-5-7(10)4-8(6-9)12-2-3-16(11,13)14/h4-6,12H,2-3,10H2,1H3,(H2,11,13,14). The first-order chi connectivity index (χ1) is 7.40. The first-order valence-corrected chi connectivity index (χ1v) is 6.31. The van der Waals surface area contributed by atoms with Crippen molar-refractivity contribution in [3.05, 3.63) is 18.2 Å². The van der Waals surface area contributed by atoms with Crippen molar-refractivity contribution in [3.8, 4) is 5.75 Å². The number of nitrogens with two attached hydrogens (primary N) is 2. The van der Waals surface area contributed by atoms with E-state index in [2.05, 4.69) is 5.32 Å². The quantitative estimate of drug-likeness (QED) is 0.632. The maximum atomic E-state index is 10.7. The second-order valence-corrected chi connectivity index (χ2v) is 5.02. The Hall–Kier alpha value is -1.47. The van der Waals surface area contributed by atoms with Gasteiger partial charge in [0.1, 0.15) is 5.75 Å². The minimum absolute atomic E-state index is 0.135. The van der Waals surface area contributed by atoms with Crippen LogP contribution in [0, 0.1) is 0 Å². The molecular formula is C9H15N3O3S. The fourth-order valence-electron chi connectivity index (χ4n) is 1.18. The number of anilines is 2. The monoisotopic (exact) mass is 245 g/mol. The molecule has 0 aliphatic carbocycles. The lowest BCUT2D eigenvalue weighted by atomic mass is 10.2. The van der Waals surface area contributed by atoms with E-state index in [1.807, 2.05) is 0 Å². The predicted molar refractivity (Wildman–Crippen MR) is 63.9 cm³/mol. The smallest absolute Gasteiger partial charge is 0.210 e. The molecule has 0 aliphatic heterocycles. The predicted octanol–water partition coefficient (Wildman–Crippen LogP) is -0.0222. The van der Waals surface area contributed by atoms with Gasteiger partial charge < -0.3 is 15.8 Å².